The van der Waals surface area contributed by atoms with Crippen LogP contribution in [0.2, 0.25) is 5.31 Å². The number of aryl methyl sites for hydroxylation is 1. The molecule has 0 bridgehead atoms. The van der Waals surface area contributed by atoms with Gasteiger partial charge in [0.05, 0.1) is 19.9 Å². The Balaban J connectivity index is 2.43. The summed E-state index contributed by atoms with van der Waals surface area (Å²) in [5, 5.41) is -0.436. The molecule has 0 saturated carbocycles. The second-order valence-electron chi connectivity index (χ2n) is 10.3. The lowest BCUT2D eigenvalue weighted by Gasteiger charge is -2.37. The monoisotopic (exact) mass is 446 g/mol. The van der Waals surface area contributed by atoms with Crippen LogP contribution in [0.15, 0.2) is 21.9 Å². The van der Waals surface area contributed by atoms with Crippen LogP contribution in [0.25, 0.3) is 0 Å². The van der Waals surface area contributed by atoms with Gasteiger partial charge in [0.25, 0.3) is 5.56 Å². The lowest BCUT2D eigenvalue weighted by Crippen LogP contribution is -2.39. The lowest BCUT2D eigenvalue weighted by molar-refractivity contribution is -0.159. The van der Waals surface area contributed by atoms with E-state index < -0.39 is 10.7 Å². The first-order valence-electron chi connectivity index (χ1n) is 12.2. The van der Waals surface area contributed by atoms with Gasteiger partial charge in [-0.05, 0) is 44.9 Å². The van der Waals surface area contributed by atoms with E-state index in [1.165, 1.54) is 10.6 Å². The van der Waals surface area contributed by atoms with E-state index in [4.69, 9.17) is 12.6 Å². The van der Waals surface area contributed by atoms with E-state index in [-0.39, 0.29) is 23.1 Å². The first-order valence-corrected chi connectivity index (χ1v) is 12.2. The highest BCUT2D eigenvalue weighted by molar-refractivity contribution is 6.14. The molecule has 0 amide bonds. The van der Waals surface area contributed by atoms with E-state index in [9.17, 15) is 14.4 Å². The van der Waals surface area contributed by atoms with Crippen molar-refractivity contribution in [3.05, 3.63) is 33.1 Å². The SMILES string of the molecule is [B]C(C)(C)CC(C)(C(=O)OCCCCCCn1ccc(=O)n(CCCCC)c1=O)C(C)C. The summed E-state index contributed by atoms with van der Waals surface area (Å²) in [5.41, 5.74) is -1.05. The molecule has 1 aromatic rings. The van der Waals surface area contributed by atoms with Crippen LogP contribution in [-0.4, -0.2) is 29.6 Å². The molecule has 1 rings (SSSR count). The highest BCUT2D eigenvalue weighted by Gasteiger charge is 2.40. The molecule has 7 heteroatoms. The fourth-order valence-corrected chi connectivity index (χ4v) is 3.98. The first kappa shape index (κ1) is 28.2. The fraction of sp³-hybridized carbons (Fsp3) is 0.800. The molecule has 0 N–H and O–H groups in total. The van der Waals surface area contributed by atoms with Crippen LogP contribution < -0.4 is 11.2 Å². The summed E-state index contributed by atoms with van der Waals surface area (Å²) in [6.07, 6.45) is 8.53. The molecule has 6 nitrogen and oxygen atoms in total. The Morgan fingerprint density at radius 3 is 2.25 bits per heavy atom. The third-order valence-electron chi connectivity index (χ3n) is 6.21. The molecule has 0 saturated heterocycles. The summed E-state index contributed by atoms with van der Waals surface area (Å²) in [4.78, 5) is 37.2. The van der Waals surface area contributed by atoms with Crippen molar-refractivity contribution < 1.29 is 9.53 Å². The molecule has 0 fully saturated rings. The highest BCUT2D eigenvalue weighted by atomic mass is 16.5. The molecule has 1 heterocycles. The smallest absolute Gasteiger partial charge is 0.330 e. The van der Waals surface area contributed by atoms with Crippen LogP contribution in [0.3, 0.4) is 0 Å². The van der Waals surface area contributed by atoms with Gasteiger partial charge in [0.2, 0.25) is 0 Å². The number of carbonyl (C=O) groups is 1. The number of rotatable bonds is 15. The Bertz CT molecular complexity index is 822. The normalized spacial score (nSPS) is 13.8. The number of ether oxygens (including phenoxy) is 1. The van der Waals surface area contributed by atoms with E-state index in [0.717, 1.165) is 44.9 Å². The Morgan fingerprint density at radius 2 is 1.66 bits per heavy atom. The second kappa shape index (κ2) is 13.1. The minimum atomic E-state index is -0.598. The number of hydrogen-bond acceptors (Lipinski definition) is 4. The molecule has 0 aliphatic heterocycles. The van der Waals surface area contributed by atoms with E-state index >= 15 is 0 Å². The summed E-state index contributed by atoms with van der Waals surface area (Å²) < 4.78 is 8.54. The first-order chi connectivity index (χ1) is 14.9. The highest BCUT2D eigenvalue weighted by Crippen LogP contribution is 2.42. The van der Waals surface area contributed by atoms with E-state index in [1.54, 1.807) is 10.8 Å². The van der Waals surface area contributed by atoms with Gasteiger partial charge in [0.15, 0.2) is 0 Å². The third-order valence-corrected chi connectivity index (χ3v) is 6.21. The minimum absolute atomic E-state index is 0.140. The number of carbonyl (C=O) groups excluding carboxylic acids is 1. The summed E-state index contributed by atoms with van der Waals surface area (Å²) >= 11 is 0. The number of unbranched alkanes of at least 4 members (excludes halogenated alkanes) is 5. The third kappa shape index (κ3) is 8.99. The standard InChI is InChI=1S/C25H43BN2O4/c1-7-8-11-16-28-21(29)14-17-27(23(28)31)15-12-9-10-13-18-32-22(30)25(6,20(2)3)19-24(4,5)26/h14,17,20H,7-13,15-16,18-19H2,1-6H3. The van der Waals surface area contributed by atoms with Crippen LogP contribution in [0, 0.1) is 11.3 Å². The second-order valence-corrected chi connectivity index (χ2v) is 10.3. The van der Waals surface area contributed by atoms with Crippen LogP contribution in [-0.2, 0) is 22.6 Å². The molecule has 1 aromatic heterocycles. The fourth-order valence-electron chi connectivity index (χ4n) is 3.98. The Kier molecular flexibility index (Phi) is 11.5. The van der Waals surface area contributed by atoms with Crippen molar-refractivity contribution in [2.24, 2.45) is 11.3 Å². The topological polar surface area (TPSA) is 70.3 Å². The van der Waals surface area contributed by atoms with Crippen molar-refractivity contribution >= 4 is 13.8 Å². The summed E-state index contributed by atoms with van der Waals surface area (Å²) in [7, 11) is 6.16. The van der Waals surface area contributed by atoms with Gasteiger partial charge in [-0.1, -0.05) is 59.2 Å². The molecule has 180 valence electrons. The van der Waals surface area contributed by atoms with Crippen molar-refractivity contribution in [3.63, 3.8) is 0 Å². The largest absolute Gasteiger partial charge is 0.465 e. The number of nitrogens with zero attached hydrogens (tertiary/aromatic N) is 2. The summed E-state index contributed by atoms with van der Waals surface area (Å²) in [5.74, 6) is -0.0377. The zero-order valence-corrected chi connectivity index (χ0v) is 21.1. The van der Waals surface area contributed by atoms with Gasteiger partial charge in [-0.25, -0.2) is 4.79 Å². The molecule has 0 aliphatic carbocycles. The Morgan fingerprint density at radius 1 is 1.03 bits per heavy atom. The molecule has 0 aromatic carbocycles. The zero-order chi connectivity index (χ0) is 24.4. The van der Waals surface area contributed by atoms with Gasteiger partial charge in [0, 0.05) is 25.4 Å². The molecule has 1 unspecified atom stereocenters. The predicted molar refractivity (Wildman–Crippen MR) is 131 cm³/mol. The Labute approximate surface area is 195 Å². The van der Waals surface area contributed by atoms with Crippen molar-refractivity contribution in [2.75, 3.05) is 6.61 Å². The van der Waals surface area contributed by atoms with Crippen molar-refractivity contribution in [2.45, 2.75) is 111 Å². The van der Waals surface area contributed by atoms with Gasteiger partial charge in [-0.2, -0.15) is 0 Å². The lowest BCUT2D eigenvalue weighted by atomic mass is 9.60. The quantitative estimate of drug-likeness (QED) is 0.222. The van der Waals surface area contributed by atoms with Crippen LogP contribution in [0.4, 0.5) is 0 Å². The number of aromatic nitrogens is 2. The summed E-state index contributed by atoms with van der Waals surface area (Å²) in [6.45, 7) is 13.4. The van der Waals surface area contributed by atoms with Gasteiger partial charge in [-0.3, -0.25) is 14.2 Å². The van der Waals surface area contributed by atoms with Crippen molar-refractivity contribution in [3.8, 4) is 0 Å². The maximum Gasteiger partial charge on any atom is 0.330 e. The number of esters is 1. The van der Waals surface area contributed by atoms with E-state index in [0.29, 0.717) is 26.1 Å². The molecule has 1 atom stereocenters. The van der Waals surface area contributed by atoms with Gasteiger partial charge in [-0.15, -0.1) is 0 Å². The van der Waals surface area contributed by atoms with E-state index in [2.05, 4.69) is 6.92 Å². The predicted octanol–water partition coefficient (Wildman–Crippen LogP) is 4.72. The molecule has 0 aliphatic rings. The number of hydrogen-bond donors (Lipinski definition) is 0. The molecule has 0 spiro atoms. The molecular formula is C25H43BN2O4. The molecular weight excluding hydrogens is 403 g/mol. The zero-order valence-electron chi connectivity index (χ0n) is 21.1. The van der Waals surface area contributed by atoms with Crippen molar-refractivity contribution in [1.29, 1.82) is 0 Å². The summed E-state index contributed by atoms with van der Waals surface area (Å²) in [6, 6.07) is 1.47. The van der Waals surface area contributed by atoms with Gasteiger partial charge in [0.1, 0.15) is 0 Å². The molecule has 2 radical (unpaired) electrons. The maximum atomic E-state index is 12.7. The van der Waals surface area contributed by atoms with Gasteiger partial charge >= 0.3 is 11.7 Å². The molecule has 32 heavy (non-hydrogen) atoms. The van der Waals surface area contributed by atoms with Gasteiger partial charge < -0.3 is 9.30 Å². The average molecular weight is 446 g/mol. The maximum absolute atomic E-state index is 12.7. The van der Waals surface area contributed by atoms with Crippen LogP contribution >= 0.6 is 0 Å². The minimum Gasteiger partial charge on any atom is -0.465 e. The Hall–Kier alpha value is -1.79. The van der Waals surface area contributed by atoms with E-state index in [1.807, 2.05) is 34.6 Å². The van der Waals surface area contributed by atoms with Crippen LogP contribution in [0.5, 0.6) is 0 Å². The van der Waals surface area contributed by atoms with Crippen molar-refractivity contribution in [1.82, 2.24) is 9.13 Å². The average Bonchev–Trinajstić information content (AvgIpc) is 2.69. The van der Waals surface area contributed by atoms with Crippen LogP contribution in [0.1, 0.15) is 92.9 Å².